The summed E-state index contributed by atoms with van der Waals surface area (Å²) in [4.78, 5) is 33.7. The number of ether oxygens (including phenoxy) is 1. The fraction of sp³-hybridized carbons (Fsp3) is 0.130. The highest BCUT2D eigenvalue weighted by Crippen LogP contribution is 2.24. The van der Waals surface area contributed by atoms with Gasteiger partial charge >= 0.3 is 5.97 Å². The Kier molecular flexibility index (Phi) is 6.00. The van der Waals surface area contributed by atoms with Gasteiger partial charge in [0, 0.05) is 43.1 Å². The Morgan fingerprint density at radius 2 is 1.76 bits per heavy atom. The molecule has 1 amide bonds. The summed E-state index contributed by atoms with van der Waals surface area (Å²) in [5.74, 6) is 5.83. The Labute approximate surface area is 169 Å². The van der Waals surface area contributed by atoms with Gasteiger partial charge in [-0.1, -0.05) is 24.0 Å². The highest BCUT2D eigenvalue weighted by Gasteiger charge is 2.15. The number of rotatable bonds is 3. The lowest BCUT2D eigenvalue weighted by Crippen LogP contribution is -2.24. The van der Waals surface area contributed by atoms with Crippen LogP contribution >= 0.6 is 0 Å². The van der Waals surface area contributed by atoms with Crippen LogP contribution in [0.2, 0.25) is 0 Å². The number of benzene rings is 1. The molecule has 0 radical (unpaired) electrons. The molecule has 0 atom stereocenters. The minimum Gasteiger partial charge on any atom is -0.465 e. The van der Waals surface area contributed by atoms with Crippen LogP contribution in [0.3, 0.4) is 0 Å². The zero-order valence-corrected chi connectivity index (χ0v) is 16.3. The quantitative estimate of drug-likeness (QED) is 0.511. The number of hydrogen-bond donors (Lipinski definition) is 0. The van der Waals surface area contributed by atoms with Gasteiger partial charge in [0.1, 0.15) is 5.82 Å². The van der Waals surface area contributed by atoms with Crippen molar-refractivity contribution in [1.82, 2.24) is 9.97 Å². The Hall–Kier alpha value is -3.98. The average molecular weight is 385 g/mol. The molecule has 0 N–H and O–H groups in total. The largest absolute Gasteiger partial charge is 0.465 e. The van der Waals surface area contributed by atoms with Gasteiger partial charge in [0.15, 0.2) is 0 Å². The summed E-state index contributed by atoms with van der Waals surface area (Å²) < 4.78 is 4.82. The molecule has 0 fully saturated rings. The molecule has 2 aromatic heterocycles. The van der Waals surface area contributed by atoms with E-state index >= 15 is 0 Å². The van der Waals surface area contributed by atoms with Gasteiger partial charge in [-0.25, -0.2) is 9.78 Å². The standard InChI is InChI=1S/C23H19N3O3/c1-16(27)26(2)22-14-20(23(28)29-3)13-21(25-22)19-10-8-17(9-11-19)6-7-18-5-4-12-24-15-18/h4-5,8-15H,1-3H3. The number of hydrogen-bond acceptors (Lipinski definition) is 5. The first-order valence-electron chi connectivity index (χ1n) is 8.85. The van der Waals surface area contributed by atoms with E-state index in [-0.39, 0.29) is 5.91 Å². The average Bonchev–Trinajstić information content (AvgIpc) is 2.77. The van der Waals surface area contributed by atoms with E-state index in [1.807, 2.05) is 36.4 Å². The third-order valence-corrected chi connectivity index (χ3v) is 4.24. The van der Waals surface area contributed by atoms with Crippen molar-refractivity contribution in [2.75, 3.05) is 19.1 Å². The summed E-state index contributed by atoms with van der Waals surface area (Å²) in [7, 11) is 2.92. The van der Waals surface area contributed by atoms with Crippen LogP contribution in [0.1, 0.15) is 28.4 Å². The van der Waals surface area contributed by atoms with Crippen LogP contribution in [-0.2, 0) is 9.53 Å². The van der Waals surface area contributed by atoms with Crippen LogP contribution in [0.25, 0.3) is 11.3 Å². The van der Waals surface area contributed by atoms with Crippen LogP contribution in [0.4, 0.5) is 5.82 Å². The SMILES string of the molecule is COC(=O)c1cc(-c2ccc(C#Cc3cccnc3)cc2)nc(N(C)C(C)=O)c1. The molecule has 0 aliphatic carbocycles. The minimum absolute atomic E-state index is 0.188. The summed E-state index contributed by atoms with van der Waals surface area (Å²) in [5, 5.41) is 0. The number of aromatic nitrogens is 2. The molecule has 0 aliphatic rings. The van der Waals surface area contributed by atoms with Crippen molar-refractivity contribution in [3.8, 4) is 23.1 Å². The zero-order valence-electron chi connectivity index (χ0n) is 16.3. The van der Waals surface area contributed by atoms with Gasteiger partial charge in [-0.2, -0.15) is 0 Å². The van der Waals surface area contributed by atoms with E-state index in [2.05, 4.69) is 21.8 Å². The highest BCUT2D eigenvalue weighted by atomic mass is 16.5. The van der Waals surface area contributed by atoms with Gasteiger partial charge in [-0.05, 0) is 36.4 Å². The molecule has 29 heavy (non-hydrogen) atoms. The molecule has 0 bridgehead atoms. The maximum absolute atomic E-state index is 12.0. The normalized spacial score (nSPS) is 9.90. The van der Waals surface area contributed by atoms with Crippen molar-refractivity contribution in [1.29, 1.82) is 0 Å². The summed E-state index contributed by atoms with van der Waals surface area (Å²) in [6.45, 7) is 1.43. The van der Waals surface area contributed by atoms with E-state index in [0.29, 0.717) is 17.1 Å². The third kappa shape index (κ3) is 4.85. The van der Waals surface area contributed by atoms with Crippen LogP contribution in [0, 0.1) is 11.8 Å². The fourth-order valence-corrected chi connectivity index (χ4v) is 2.54. The zero-order chi connectivity index (χ0) is 20.8. The van der Waals surface area contributed by atoms with E-state index in [1.165, 1.54) is 25.0 Å². The van der Waals surface area contributed by atoms with E-state index in [0.717, 1.165) is 16.7 Å². The maximum atomic E-state index is 12.0. The first kappa shape index (κ1) is 19.8. The van der Waals surface area contributed by atoms with Gasteiger partial charge in [0.2, 0.25) is 5.91 Å². The van der Waals surface area contributed by atoms with E-state index < -0.39 is 5.97 Å². The van der Waals surface area contributed by atoms with Crippen LogP contribution in [0.5, 0.6) is 0 Å². The van der Waals surface area contributed by atoms with E-state index in [9.17, 15) is 9.59 Å². The molecule has 3 aromatic rings. The van der Waals surface area contributed by atoms with Gasteiger partial charge in [-0.15, -0.1) is 0 Å². The van der Waals surface area contributed by atoms with Gasteiger partial charge in [0.05, 0.1) is 18.4 Å². The number of carbonyl (C=O) groups is 2. The summed E-state index contributed by atoms with van der Waals surface area (Å²) >= 11 is 0. The minimum atomic E-state index is -0.495. The molecular formula is C23H19N3O3. The van der Waals surface area contributed by atoms with Gasteiger partial charge in [-0.3, -0.25) is 9.78 Å². The fourth-order valence-electron chi connectivity index (χ4n) is 2.54. The number of nitrogens with zero attached hydrogens (tertiary/aromatic N) is 3. The van der Waals surface area contributed by atoms with Gasteiger partial charge in [0.25, 0.3) is 0 Å². The lowest BCUT2D eigenvalue weighted by atomic mass is 10.1. The number of anilines is 1. The predicted octanol–water partition coefficient (Wildman–Crippen LogP) is 3.31. The van der Waals surface area contributed by atoms with Crippen LogP contribution < -0.4 is 4.90 Å². The summed E-state index contributed by atoms with van der Waals surface area (Å²) in [6, 6.07) is 14.4. The van der Waals surface area contributed by atoms with E-state index in [1.54, 1.807) is 25.5 Å². The molecule has 0 saturated carbocycles. The molecule has 0 saturated heterocycles. The molecular weight excluding hydrogens is 366 g/mol. The number of pyridine rings is 2. The Morgan fingerprint density at radius 3 is 2.38 bits per heavy atom. The van der Waals surface area contributed by atoms with Crippen molar-refractivity contribution < 1.29 is 14.3 Å². The van der Waals surface area contributed by atoms with Crippen LogP contribution in [0.15, 0.2) is 60.9 Å². The Morgan fingerprint density at radius 1 is 1.03 bits per heavy atom. The molecule has 0 aliphatic heterocycles. The van der Waals surface area contributed by atoms with Crippen molar-refractivity contribution in [2.45, 2.75) is 6.92 Å². The smallest absolute Gasteiger partial charge is 0.338 e. The third-order valence-electron chi connectivity index (χ3n) is 4.24. The molecule has 6 heteroatoms. The topological polar surface area (TPSA) is 72.4 Å². The molecule has 144 valence electrons. The highest BCUT2D eigenvalue weighted by molar-refractivity contribution is 5.95. The molecule has 6 nitrogen and oxygen atoms in total. The van der Waals surface area contributed by atoms with Crippen molar-refractivity contribution in [3.05, 3.63) is 77.6 Å². The second kappa shape index (κ2) is 8.81. The number of carbonyl (C=O) groups excluding carboxylic acids is 2. The second-order valence-electron chi connectivity index (χ2n) is 6.24. The lowest BCUT2D eigenvalue weighted by molar-refractivity contribution is -0.116. The summed E-state index contributed by atoms with van der Waals surface area (Å²) in [5.41, 5.74) is 3.34. The Balaban J connectivity index is 1.95. The molecule has 3 rings (SSSR count). The lowest BCUT2D eigenvalue weighted by Gasteiger charge is -2.16. The number of esters is 1. The Bertz CT molecular complexity index is 1100. The van der Waals surface area contributed by atoms with E-state index in [4.69, 9.17) is 4.74 Å². The molecule has 1 aromatic carbocycles. The number of methoxy groups -OCH3 is 1. The number of amides is 1. The second-order valence-corrected chi connectivity index (χ2v) is 6.24. The first-order valence-corrected chi connectivity index (χ1v) is 8.85. The molecule has 0 unspecified atom stereocenters. The molecule has 0 spiro atoms. The predicted molar refractivity (Wildman–Crippen MR) is 110 cm³/mol. The molecule has 2 heterocycles. The summed E-state index contributed by atoms with van der Waals surface area (Å²) in [6.07, 6.45) is 3.41. The van der Waals surface area contributed by atoms with Crippen molar-refractivity contribution in [2.24, 2.45) is 0 Å². The van der Waals surface area contributed by atoms with Crippen molar-refractivity contribution in [3.63, 3.8) is 0 Å². The first-order chi connectivity index (χ1) is 14.0. The van der Waals surface area contributed by atoms with Gasteiger partial charge < -0.3 is 9.64 Å². The monoisotopic (exact) mass is 385 g/mol. The maximum Gasteiger partial charge on any atom is 0.338 e. The van der Waals surface area contributed by atoms with Crippen LogP contribution in [-0.4, -0.2) is 36.0 Å². The van der Waals surface area contributed by atoms with Crippen molar-refractivity contribution >= 4 is 17.7 Å².